The highest BCUT2D eigenvalue weighted by molar-refractivity contribution is 5.92. The summed E-state index contributed by atoms with van der Waals surface area (Å²) in [5.41, 5.74) is 13.6. The third-order valence-electron chi connectivity index (χ3n) is 11.4. The number of imidazole rings is 4. The summed E-state index contributed by atoms with van der Waals surface area (Å²) < 4.78 is 8.71. The predicted octanol–water partition coefficient (Wildman–Crippen LogP) is 9.92. The van der Waals surface area contributed by atoms with E-state index in [0.717, 1.165) is 89.4 Å². The molecule has 0 saturated carbocycles. The van der Waals surface area contributed by atoms with Crippen molar-refractivity contribution in [3.05, 3.63) is 151 Å². The van der Waals surface area contributed by atoms with E-state index in [1.54, 1.807) is 18.2 Å². The summed E-state index contributed by atoms with van der Waals surface area (Å²) in [7, 11) is 0. The molecule has 0 amide bonds. The molecule has 12 aliphatic rings. The Kier molecular flexibility index (Phi) is 7.15. The van der Waals surface area contributed by atoms with Crippen LogP contribution in [0.3, 0.4) is 0 Å². The lowest BCUT2D eigenvalue weighted by molar-refractivity contribution is 0.0697. The highest BCUT2D eigenvalue weighted by atomic mass is 16.4. The lowest BCUT2D eigenvalue weighted by atomic mass is 10.0. The van der Waals surface area contributed by atoms with Crippen LogP contribution in [0.15, 0.2) is 128 Å². The van der Waals surface area contributed by atoms with Crippen LogP contribution in [0.4, 0.5) is 0 Å². The van der Waals surface area contributed by atoms with E-state index in [2.05, 4.69) is 97.6 Å². The molecule has 11 nitrogen and oxygen atoms in total. The highest BCUT2D eigenvalue weighted by Gasteiger charge is 2.21. The summed E-state index contributed by atoms with van der Waals surface area (Å²) in [5, 5.41) is 20.2. The quantitative estimate of drug-likeness (QED) is 0.171. The first kappa shape index (κ1) is 33.5. The Labute approximate surface area is 331 Å². The summed E-state index contributed by atoms with van der Waals surface area (Å²) in [6.07, 6.45) is 0. The van der Waals surface area contributed by atoms with Gasteiger partial charge in [0.25, 0.3) is 0 Å². The molecule has 0 saturated heterocycles. The molecule has 280 valence electrons. The van der Waals surface area contributed by atoms with E-state index in [1.807, 2.05) is 44.2 Å². The molecule has 0 spiro atoms. The van der Waals surface area contributed by atoms with E-state index in [9.17, 15) is 15.0 Å². The van der Waals surface area contributed by atoms with E-state index < -0.39 is 5.97 Å². The first-order chi connectivity index (χ1) is 28.2. The first-order valence-electron chi connectivity index (χ1n) is 18.9. The summed E-state index contributed by atoms with van der Waals surface area (Å²) in [6, 6.07) is 39.9. The molecule has 2 N–H and O–H groups in total. The summed E-state index contributed by atoms with van der Waals surface area (Å²) >= 11 is 0. The van der Waals surface area contributed by atoms with Crippen molar-refractivity contribution in [2.24, 2.45) is 0 Å². The van der Waals surface area contributed by atoms with Crippen molar-refractivity contribution in [2.45, 2.75) is 27.2 Å². The molecule has 12 aliphatic heterocycles. The van der Waals surface area contributed by atoms with E-state index in [0.29, 0.717) is 30.3 Å². The van der Waals surface area contributed by atoms with Gasteiger partial charge in [-0.05, 0) is 103 Å². The third-order valence-corrected chi connectivity index (χ3v) is 11.4. The zero-order valence-corrected chi connectivity index (χ0v) is 31.5. The molecule has 22 rings (SSSR count). The van der Waals surface area contributed by atoms with Crippen molar-refractivity contribution in [1.82, 2.24) is 38.2 Å². The second-order valence-corrected chi connectivity index (χ2v) is 14.9. The van der Waals surface area contributed by atoms with Crippen molar-refractivity contribution >= 4 is 55.9 Å². The first-order valence-corrected chi connectivity index (χ1v) is 18.9. The molecule has 11 heteroatoms. The van der Waals surface area contributed by atoms with Crippen molar-refractivity contribution in [3.8, 4) is 45.0 Å². The molecule has 0 unspecified atom stereocenters. The Morgan fingerprint density at radius 2 is 0.862 bits per heavy atom. The minimum absolute atomic E-state index is 0.000657. The third kappa shape index (κ3) is 5.17. The van der Waals surface area contributed by atoms with E-state index in [4.69, 9.17) is 19.9 Å². The molecule has 6 aromatic carbocycles. The molecule has 0 atom stereocenters. The topological polar surface area (TPSA) is 129 Å². The van der Waals surface area contributed by atoms with Crippen LogP contribution in [0.25, 0.3) is 94.9 Å². The molecule has 16 bridgehead atoms. The molecule has 16 heterocycles. The minimum atomic E-state index is -0.991. The van der Waals surface area contributed by atoms with Gasteiger partial charge in [-0.2, -0.15) is 0 Å². The number of hydrogen-bond acceptors (Lipinski definition) is 6. The van der Waals surface area contributed by atoms with Crippen LogP contribution in [-0.2, 0) is 13.3 Å². The van der Waals surface area contributed by atoms with Gasteiger partial charge in [0.15, 0.2) is 0 Å². The van der Waals surface area contributed by atoms with Crippen LogP contribution in [0, 0.1) is 13.8 Å². The Morgan fingerprint density at radius 3 is 1.28 bits per heavy atom. The van der Waals surface area contributed by atoms with Crippen LogP contribution >= 0.6 is 0 Å². The number of benzene rings is 6. The maximum atomic E-state index is 12.0. The van der Waals surface area contributed by atoms with Gasteiger partial charge in [0, 0.05) is 16.7 Å². The van der Waals surface area contributed by atoms with E-state index in [-0.39, 0.29) is 11.3 Å². The number of rotatable bonds is 4. The predicted molar refractivity (Wildman–Crippen MR) is 227 cm³/mol. The number of carboxylic acids is 1. The standard InChI is InChI=1S/C47H34N8O3/c1-26(56)29-6-4-7-34(18-29)45-50-39-22-32-12-16-43(39)54(45)24-52-27(2)48-37-21-31(10-14-41(37)52)33-13-17-44-40(23-33)51-46(35-8-5-9-36(19-35)47(57)58)55(44)25-53-28(3)49-38-20-30(32)11-15-42(38)53/h4-23,56H,1,24-25H2,2-3H3,(H,57,58). The smallest absolute Gasteiger partial charge is 0.335 e. The molecular formula is C47H34N8O3. The van der Waals surface area contributed by atoms with Gasteiger partial charge in [0.1, 0.15) is 42.4 Å². The van der Waals surface area contributed by atoms with Crippen LogP contribution in [0.2, 0.25) is 0 Å². The SMILES string of the molecule is C=C(O)c1cccc(-c2nc3cc4ccc3n2Cn2c(C)nc3cc(ccc32)-c2ccc3c(c2)nc(-c2cccc(C(=O)O)c2)n3Cn2c(C)nc3cc-4ccc32)c1. The van der Waals surface area contributed by atoms with Crippen molar-refractivity contribution in [2.75, 3.05) is 0 Å². The highest BCUT2D eigenvalue weighted by Crippen LogP contribution is 2.35. The van der Waals surface area contributed by atoms with Gasteiger partial charge in [0.2, 0.25) is 0 Å². The molecule has 10 aromatic rings. The average Bonchev–Trinajstić information content (AvgIpc) is 3.96. The molecule has 0 radical (unpaired) electrons. The van der Waals surface area contributed by atoms with Gasteiger partial charge in [-0.25, -0.2) is 24.7 Å². The Morgan fingerprint density at radius 1 is 0.483 bits per heavy atom. The monoisotopic (exact) mass is 758 g/mol. The van der Waals surface area contributed by atoms with Crippen LogP contribution in [0.1, 0.15) is 27.6 Å². The maximum absolute atomic E-state index is 12.0. The number of aryl methyl sites for hydroxylation is 2. The Hall–Kier alpha value is -7.79. The van der Waals surface area contributed by atoms with Gasteiger partial charge in [0.05, 0.1) is 49.7 Å². The van der Waals surface area contributed by atoms with Gasteiger partial charge in [-0.1, -0.05) is 61.2 Å². The second-order valence-electron chi connectivity index (χ2n) is 14.9. The Balaban J connectivity index is 1.16. The summed E-state index contributed by atoms with van der Waals surface area (Å²) in [5.74, 6) is 2.13. The number of aliphatic hydroxyl groups is 1. The van der Waals surface area contributed by atoms with Crippen LogP contribution in [0.5, 0.6) is 0 Å². The maximum Gasteiger partial charge on any atom is 0.335 e. The van der Waals surface area contributed by atoms with Crippen LogP contribution < -0.4 is 0 Å². The zero-order chi connectivity index (χ0) is 39.4. The minimum Gasteiger partial charge on any atom is -0.508 e. The van der Waals surface area contributed by atoms with Gasteiger partial charge in [-0.15, -0.1) is 0 Å². The number of carbonyl (C=O) groups is 1. The van der Waals surface area contributed by atoms with Crippen molar-refractivity contribution < 1.29 is 15.0 Å². The molecular weight excluding hydrogens is 725 g/mol. The average molecular weight is 759 g/mol. The van der Waals surface area contributed by atoms with Gasteiger partial charge < -0.3 is 28.5 Å². The number of hydrogen-bond donors (Lipinski definition) is 2. The number of carboxylic acid groups (broad SMARTS) is 1. The Bertz CT molecular complexity index is 3170. The number of aliphatic hydroxyl groups excluding tert-OH is 1. The number of aromatic nitrogens is 8. The normalized spacial score (nSPS) is 12.4. The van der Waals surface area contributed by atoms with Gasteiger partial charge >= 0.3 is 5.97 Å². The van der Waals surface area contributed by atoms with Crippen molar-refractivity contribution in [3.63, 3.8) is 0 Å². The molecule has 0 fully saturated rings. The van der Waals surface area contributed by atoms with Gasteiger partial charge in [-0.3, -0.25) is 0 Å². The fourth-order valence-corrected chi connectivity index (χ4v) is 8.47. The molecule has 0 aliphatic carbocycles. The van der Waals surface area contributed by atoms with Crippen LogP contribution in [-0.4, -0.2) is 54.4 Å². The lowest BCUT2D eigenvalue weighted by Gasteiger charge is -2.14. The summed E-state index contributed by atoms with van der Waals surface area (Å²) in [4.78, 5) is 32.5. The van der Waals surface area contributed by atoms with E-state index >= 15 is 0 Å². The molecule has 58 heavy (non-hydrogen) atoms. The largest absolute Gasteiger partial charge is 0.508 e. The fraction of sp³-hybridized carbons (Fsp3) is 0.0851. The number of nitrogens with zero attached hydrogens (tertiary/aromatic N) is 8. The lowest BCUT2D eigenvalue weighted by Crippen LogP contribution is -2.11. The zero-order valence-electron chi connectivity index (χ0n) is 31.5. The fourth-order valence-electron chi connectivity index (χ4n) is 8.47. The second kappa shape index (κ2) is 12.4. The summed E-state index contributed by atoms with van der Waals surface area (Å²) in [6.45, 7) is 8.65. The number of aromatic carboxylic acids is 1. The molecule has 4 aromatic heterocycles. The van der Waals surface area contributed by atoms with Crippen molar-refractivity contribution in [1.29, 1.82) is 0 Å². The van der Waals surface area contributed by atoms with E-state index in [1.165, 1.54) is 0 Å².